The second kappa shape index (κ2) is 8.01. The number of anilines is 2. The van der Waals surface area contributed by atoms with Gasteiger partial charge in [0.25, 0.3) is 5.91 Å². The third kappa shape index (κ3) is 3.90. The number of pyridine rings is 1. The molecule has 1 amide bonds. The van der Waals surface area contributed by atoms with Gasteiger partial charge in [-0.1, -0.05) is 12.1 Å². The van der Waals surface area contributed by atoms with Crippen LogP contribution in [0.5, 0.6) is 0 Å². The number of imidazole rings is 1. The first-order valence-corrected chi connectivity index (χ1v) is 11.9. The molecule has 5 N–H and O–H groups in total. The lowest BCUT2D eigenvalue weighted by molar-refractivity contribution is -0.137. The van der Waals surface area contributed by atoms with E-state index in [1.165, 1.54) is 0 Å². The van der Waals surface area contributed by atoms with Crippen molar-refractivity contribution in [2.75, 3.05) is 11.1 Å². The summed E-state index contributed by atoms with van der Waals surface area (Å²) < 4.78 is 40.9. The van der Waals surface area contributed by atoms with Crippen molar-refractivity contribution in [3.63, 3.8) is 0 Å². The predicted octanol–water partition coefficient (Wildman–Crippen LogP) is 4.56. The number of fused-ring (bicyclic) bond motifs is 3. The molecule has 2 fully saturated rings. The molecule has 0 atom stereocenters. The Morgan fingerprint density at radius 2 is 1.76 bits per heavy atom. The van der Waals surface area contributed by atoms with Gasteiger partial charge >= 0.3 is 6.18 Å². The monoisotopic (exact) mass is 507 g/mol. The summed E-state index contributed by atoms with van der Waals surface area (Å²) in [5.41, 5.74) is 14.1. The van der Waals surface area contributed by atoms with Crippen LogP contribution in [0.1, 0.15) is 53.8 Å². The summed E-state index contributed by atoms with van der Waals surface area (Å²) in [5.74, 6) is 0.509. The Kier molecular flexibility index (Phi) is 5.07. The van der Waals surface area contributed by atoms with E-state index in [1.807, 2.05) is 10.6 Å². The van der Waals surface area contributed by atoms with Gasteiger partial charge in [0.2, 0.25) is 0 Å². The highest BCUT2D eigenvalue weighted by Crippen LogP contribution is 2.56. The summed E-state index contributed by atoms with van der Waals surface area (Å²) in [6.45, 7) is 0. The van der Waals surface area contributed by atoms with E-state index in [9.17, 15) is 18.0 Å². The summed E-state index contributed by atoms with van der Waals surface area (Å²) in [6.07, 6.45) is 4.72. The van der Waals surface area contributed by atoms with Crippen molar-refractivity contribution in [1.29, 1.82) is 0 Å². The Morgan fingerprint density at radius 1 is 1.03 bits per heavy atom. The van der Waals surface area contributed by atoms with Crippen molar-refractivity contribution < 1.29 is 18.0 Å². The smallest absolute Gasteiger partial charge is 0.382 e. The van der Waals surface area contributed by atoms with E-state index in [0.717, 1.165) is 61.8 Å². The Labute approximate surface area is 209 Å². The molecule has 0 radical (unpaired) electrons. The van der Waals surface area contributed by atoms with Crippen LogP contribution in [-0.2, 0) is 11.6 Å². The molecule has 2 saturated carbocycles. The molecule has 11 heteroatoms. The molecule has 0 unspecified atom stereocenters. The molecule has 2 bridgehead atoms. The zero-order valence-corrected chi connectivity index (χ0v) is 19.7. The van der Waals surface area contributed by atoms with Gasteiger partial charge in [-0.15, -0.1) is 0 Å². The largest absolute Gasteiger partial charge is 0.416 e. The second-order valence-electron chi connectivity index (χ2n) is 10.1. The maximum absolute atomic E-state index is 13.0. The minimum atomic E-state index is -4.53. The number of hydrogen-bond donors (Lipinski definition) is 3. The molecular formula is C26H24F3N7O. The number of nitrogens with one attached hydrogen (secondary N) is 1. The lowest BCUT2D eigenvalue weighted by Crippen LogP contribution is -2.33. The van der Waals surface area contributed by atoms with Crippen molar-refractivity contribution in [3.8, 4) is 11.3 Å². The van der Waals surface area contributed by atoms with Crippen LogP contribution in [0.3, 0.4) is 0 Å². The predicted molar refractivity (Wildman–Crippen MR) is 132 cm³/mol. The van der Waals surface area contributed by atoms with E-state index in [2.05, 4.69) is 15.3 Å². The van der Waals surface area contributed by atoms with Gasteiger partial charge in [-0.25, -0.2) is 15.0 Å². The number of carbonyl (C=O) groups excluding carboxylic acids is 1. The lowest BCUT2D eigenvalue weighted by atomic mass is 9.83. The zero-order valence-electron chi connectivity index (χ0n) is 19.7. The number of hydrogen-bond acceptors (Lipinski definition) is 6. The van der Waals surface area contributed by atoms with Crippen LogP contribution in [0.2, 0.25) is 0 Å². The number of carbonyl (C=O) groups is 1. The Hall–Kier alpha value is -3.99. The molecule has 6 rings (SSSR count). The van der Waals surface area contributed by atoms with E-state index >= 15 is 0 Å². The van der Waals surface area contributed by atoms with Gasteiger partial charge in [-0.2, -0.15) is 13.2 Å². The minimum absolute atomic E-state index is 0.110. The SMILES string of the molecule is Nc1nccn2c(C34CCC(N)(CC3)C4)nc(-c3ccc(C(=O)Nc4cc(C(F)(F)F)ccn4)cc3)c12. The molecule has 0 saturated heterocycles. The number of rotatable bonds is 4. The summed E-state index contributed by atoms with van der Waals surface area (Å²) in [4.78, 5) is 25.8. The number of nitrogens with two attached hydrogens (primary N) is 2. The number of halogens is 3. The first kappa shape index (κ1) is 23.4. The number of benzene rings is 1. The highest BCUT2D eigenvalue weighted by Gasteiger charge is 2.55. The lowest BCUT2D eigenvalue weighted by Gasteiger charge is -2.25. The second-order valence-corrected chi connectivity index (χ2v) is 10.1. The normalized spacial score (nSPS) is 23.0. The van der Waals surface area contributed by atoms with Crippen LogP contribution in [0.15, 0.2) is 55.0 Å². The third-order valence-electron chi connectivity index (χ3n) is 7.70. The van der Waals surface area contributed by atoms with Gasteiger partial charge in [0, 0.05) is 40.7 Å². The summed E-state index contributed by atoms with van der Waals surface area (Å²) in [5, 5.41) is 2.42. The van der Waals surface area contributed by atoms with E-state index in [0.29, 0.717) is 17.0 Å². The van der Waals surface area contributed by atoms with Crippen molar-refractivity contribution >= 4 is 23.1 Å². The number of alkyl halides is 3. The van der Waals surface area contributed by atoms with Gasteiger partial charge in [0.15, 0.2) is 0 Å². The molecule has 8 nitrogen and oxygen atoms in total. The molecular weight excluding hydrogens is 483 g/mol. The van der Waals surface area contributed by atoms with Crippen molar-refractivity contribution in [2.24, 2.45) is 5.73 Å². The highest BCUT2D eigenvalue weighted by molar-refractivity contribution is 6.04. The van der Waals surface area contributed by atoms with Crippen molar-refractivity contribution in [2.45, 2.75) is 49.2 Å². The minimum Gasteiger partial charge on any atom is -0.382 e. The first-order chi connectivity index (χ1) is 17.6. The van der Waals surface area contributed by atoms with Gasteiger partial charge in [-0.05, 0) is 56.4 Å². The third-order valence-corrected chi connectivity index (χ3v) is 7.70. The summed E-state index contributed by atoms with van der Waals surface area (Å²) in [7, 11) is 0. The molecule has 3 aromatic heterocycles. The van der Waals surface area contributed by atoms with Crippen LogP contribution >= 0.6 is 0 Å². The fraction of sp³-hybridized carbons (Fsp3) is 0.308. The number of nitrogen functional groups attached to an aromatic ring is 1. The van der Waals surface area contributed by atoms with Crippen LogP contribution < -0.4 is 16.8 Å². The van der Waals surface area contributed by atoms with Gasteiger partial charge in [0.1, 0.15) is 28.7 Å². The Balaban J connectivity index is 1.32. The average molecular weight is 508 g/mol. The standard InChI is InChI=1S/C26H24F3N7O/c27-26(28,29)17-5-10-32-18(13-17)34-22(37)16-3-1-15(2-4-16)19-20-21(30)33-11-12-36(20)23(35-19)24-6-8-25(31,14-24)9-7-24/h1-5,10-13H,6-9,14,31H2,(H2,30,33)(H,32,34,37). The van der Waals surface area contributed by atoms with Crippen LogP contribution in [0.4, 0.5) is 24.8 Å². The number of nitrogens with zero attached hydrogens (tertiary/aromatic N) is 4. The van der Waals surface area contributed by atoms with Crippen LogP contribution in [0, 0.1) is 0 Å². The Bertz CT molecular complexity index is 1520. The van der Waals surface area contributed by atoms with E-state index in [1.54, 1.807) is 30.5 Å². The fourth-order valence-corrected chi connectivity index (χ4v) is 5.84. The molecule has 1 aromatic carbocycles. The molecule has 4 aromatic rings. The molecule has 3 heterocycles. The van der Waals surface area contributed by atoms with E-state index < -0.39 is 17.6 Å². The van der Waals surface area contributed by atoms with Crippen LogP contribution in [0.25, 0.3) is 16.8 Å². The molecule has 0 aliphatic heterocycles. The summed E-state index contributed by atoms with van der Waals surface area (Å²) >= 11 is 0. The van der Waals surface area contributed by atoms with Crippen LogP contribution in [-0.4, -0.2) is 30.8 Å². The van der Waals surface area contributed by atoms with Gasteiger partial charge in [0.05, 0.1) is 5.56 Å². The molecule has 2 aliphatic carbocycles. The van der Waals surface area contributed by atoms with Crippen molar-refractivity contribution in [3.05, 3.63) is 71.9 Å². The quantitative estimate of drug-likeness (QED) is 0.372. The fourth-order valence-electron chi connectivity index (χ4n) is 5.84. The summed E-state index contributed by atoms with van der Waals surface area (Å²) in [6, 6.07) is 8.29. The molecule has 190 valence electrons. The van der Waals surface area contributed by atoms with Gasteiger partial charge < -0.3 is 16.8 Å². The topological polar surface area (TPSA) is 124 Å². The van der Waals surface area contributed by atoms with Gasteiger partial charge in [-0.3, -0.25) is 9.20 Å². The van der Waals surface area contributed by atoms with E-state index in [4.69, 9.17) is 16.5 Å². The maximum atomic E-state index is 13.0. The first-order valence-electron chi connectivity index (χ1n) is 11.9. The Morgan fingerprint density at radius 3 is 2.41 bits per heavy atom. The molecule has 2 aliphatic rings. The maximum Gasteiger partial charge on any atom is 0.416 e. The number of amides is 1. The molecule has 37 heavy (non-hydrogen) atoms. The van der Waals surface area contributed by atoms with Crippen molar-refractivity contribution in [1.82, 2.24) is 19.4 Å². The van der Waals surface area contributed by atoms with E-state index in [-0.39, 0.29) is 22.3 Å². The number of aromatic nitrogens is 4. The average Bonchev–Trinajstić information content (AvgIpc) is 3.54. The highest BCUT2D eigenvalue weighted by atomic mass is 19.4. The zero-order chi connectivity index (χ0) is 26.0. The molecule has 0 spiro atoms.